The summed E-state index contributed by atoms with van der Waals surface area (Å²) in [7, 11) is 5.77. The molecule has 0 aromatic carbocycles. The SMILES string of the molecule is C/N=C(\SC)N(C)C.Cl. The maximum absolute atomic E-state index is 4.01. The fourth-order valence-electron chi connectivity index (χ4n) is 0.474. The van der Waals surface area contributed by atoms with Crippen molar-refractivity contribution in [1.29, 1.82) is 0 Å². The minimum atomic E-state index is 0. The highest BCUT2D eigenvalue weighted by Gasteiger charge is 1.93. The van der Waals surface area contributed by atoms with Gasteiger partial charge in [-0.3, -0.25) is 4.99 Å². The van der Waals surface area contributed by atoms with Gasteiger partial charge in [-0.15, -0.1) is 12.4 Å². The first-order valence-electron chi connectivity index (χ1n) is 2.40. The molecule has 0 rings (SSSR count). The summed E-state index contributed by atoms with van der Waals surface area (Å²) >= 11 is 1.65. The molecule has 0 N–H and O–H groups in total. The van der Waals surface area contributed by atoms with Gasteiger partial charge < -0.3 is 4.90 Å². The van der Waals surface area contributed by atoms with E-state index in [2.05, 4.69) is 4.99 Å². The summed E-state index contributed by atoms with van der Waals surface area (Å²) in [6.07, 6.45) is 2.02. The van der Waals surface area contributed by atoms with Gasteiger partial charge in [0.25, 0.3) is 0 Å². The Kier molecular flexibility index (Phi) is 8.21. The first kappa shape index (κ1) is 11.9. The molecule has 0 aliphatic carbocycles. The Balaban J connectivity index is 0. The second-order valence-electron chi connectivity index (χ2n) is 1.60. The molecule has 4 heteroatoms. The largest absolute Gasteiger partial charge is 0.358 e. The summed E-state index contributed by atoms with van der Waals surface area (Å²) in [5.74, 6) is 0. The standard InChI is InChI=1S/C5H12N2S.ClH/c1-6-5(8-4)7(2)3;/h1-4H3;1H/b6-5-;. The van der Waals surface area contributed by atoms with Crippen molar-refractivity contribution < 1.29 is 0 Å². The van der Waals surface area contributed by atoms with Crippen LogP contribution >= 0.6 is 24.2 Å². The highest BCUT2D eigenvalue weighted by Crippen LogP contribution is 1.98. The van der Waals surface area contributed by atoms with Gasteiger partial charge in [-0.2, -0.15) is 0 Å². The van der Waals surface area contributed by atoms with Crippen LogP contribution < -0.4 is 0 Å². The molecule has 0 fully saturated rings. The molecule has 9 heavy (non-hydrogen) atoms. The molecule has 0 aliphatic heterocycles. The van der Waals surface area contributed by atoms with Gasteiger partial charge in [0.05, 0.1) is 0 Å². The van der Waals surface area contributed by atoms with Crippen molar-refractivity contribution in [3.8, 4) is 0 Å². The van der Waals surface area contributed by atoms with Crippen LogP contribution in [0.3, 0.4) is 0 Å². The van der Waals surface area contributed by atoms with Crippen LogP contribution in [0, 0.1) is 0 Å². The van der Waals surface area contributed by atoms with Crippen LogP contribution in [0.4, 0.5) is 0 Å². The number of hydrogen-bond donors (Lipinski definition) is 0. The third-order valence-corrected chi connectivity index (χ3v) is 1.67. The lowest BCUT2D eigenvalue weighted by Crippen LogP contribution is -2.17. The molecule has 0 aromatic rings. The molecule has 0 spiro atoms. The molecular weight excluding hydrogens is 156 g/mol. The molecule has 56 valence electrons. The van der Waals surface area contributed by atoms with Crippen LogP contribution in [0.1, 0.15) is 0 Å². The Bertz CT molecular complexity index is 93.0. The zero-order valence-electron chi connectivity index (χ0n) is 6.21. The summed E-state index contributed by atoms with van der Waals surface area (Å²) in [5.41, 5.74) is 0. The van der Waals surface area contributed by atoms with Gasteiger partial charge in [-0.25, -0.2) is 0 Å². The van der Waals surface area contributed by atoms with Crippen molar-refractivity contribution in [2.45, 2.75) is 0 Å². The smallest absolute Gasteiger partial charge is 0.158 e. The predicted octanol–water partition coefficient (Wildman–Crippen LogP) is 1.32. The number of aliphatic imine (C=N–C) groups is 1. The topological polar surface area (TPSA) is 15.6 Å². The van der Waals surface area contributed by atoms with Crippen molar-refractivity contribution in [1.82, 2.24) is 4.90 Å². The van der Waals surface area contributed by atoms with Crippen LogP contribution in [-0.4, -0.2) is 37.5 Å². The van der Waals surface area contributed by atoms with Crippen LogP contribution in [0.5, 0.6) is 0 Å². The molecule has 0 unspecified atom stereocenters. The molecule has 0 saturated carbocycles. The Morgan fingerprint density at radius 3 is 1.89 bits per heavy atom. The zero-order valence-corrected chi connectivity index (χ0v) is 7.84. The van der Waals surface area contributed by atoms with E-state index in [1.54, 1.807) is 18.8 Å². The van der Waals surface area contributed by atoms with Crippen LogP contribution in [0.2, 0.25) is 0 Å². The van der Waals surface area contributed by atoms with E-state index in [4.69, 9.17) is 0 Å². The van der Waals surface area contributed by atoms with Gasteiger partial charge in [0.15, 0.2) is 5.17 Å². The van der Waals surface area contributed by atoms with E-state index in [1.165, 1.54) is 0 Å². The third-order valence-electron chi connectivity index (χ3n) is 0.756. The summed E-state index contributed by atoms with van der Waals surface area (Å²) in [5, 5.41) is 1.06. The Hall–Kier alpha value is 0.110. The molecule has 0 atom stereocenters. The summed E-state index contributed by atoms with van der Waals surface area (Å²) in [6, 6.07) is 0. The highest BCUT2D eigenvalue weighted by atomic mass is 35.5. The maximum atomic E-state index is 4.01. The molecule has 0 aromatic heterocycles. The molecule has 0 heterocycles. The van der Waals surface area contributed by atoms with Crippen molar-refractivity contribution in [3.05, 3.63) is 0 Å². The Labute approximate surface area is 67.1 Å². The minimum absolute atomic E-state index is 0. The Morgan fingerprint density at radius 2 is 1.89 bits per heavy atom. The first-order valence-corrected chi connectivity index (χ1v) is 3.63. The van der Waals surface area contributed by atoms with Crippen molar-refractivity contribution in [2.75, 3.05) is 27.4 Å². The summed E-state index contributed by atoms with van der Waals surface area (Å²) in [4.78, 5) is 6.00. The number of nitrogens with zero attached hydrogens (tertiary/aromatic N) is 2. The third kappa shape index (κ3) is 4.60. The molecule has 2 nitrogen and oxygen atoms in total. The minimum Gasteiger partial charge on any atom is -0.358 e. The fraction of sp³-hybridized carbons (Fsp3) is 0.800. The van der Waals surface area contributed by atoms with Crippen LogP contribution in [-0.2, 0) is 0 Å². The lowest BCUT2D eigenvalue weighted by Gasteiger charge is -2.10. The van der Waals surface area contributed by atoms with Gasteiger partial charge in [0, 0.05) is 21.1 Å². The van der Waals surface area contributed by atoms with Crippen LogP contribution in [0.15, 0.2) is 4.99 Å². The number of amidine groups is 1. The quantitative estimate of drug-likeness (QED) is 0.401. The number of halogens is 1. The monoisotopic (exact) mass is 168 g/mol. The molecular formula is C5H13ClN2S. The van der Waals surface area contributed by atoms with E-state index in [9.17, 15) is 0 Å². The number of rotatable bonds is 0. The van der Waals surface area contributed by atoms with Gasteiger partial charge in [0.1, 0.15) is 0 Å². The normalized spacial score (nSPS) is 10.4. The molecule has 0 saturated heterocycles. The molecule has 0 amide bonds. The van der Waals surface area contributed by atoms with Gasteiger partial charge in [-0.05, 0) is 6.26 Å². The molecule has 0 bridgehead atoms. The average Bonchev–Trinajstić information content (AvgIpc) is 1.69. The molecule has 0 aliphatic rings. The Morgan fingerprint density at radius 1 is 1.44 bits per heavy atom. The van der Waals surface area contributed by atoms with E-state index in [0.717, 1.165) is 5.17 Å². The van der Waals surface area contributed by atoms with E-state index in [-0.39, 0.29) is 12.4 Å². The highest BCUT2D eigenvalue weighted by molar-refractivity contribution is 8.13. The lowest BCUT2D eigenvalue weighted by molar-refractivity contribution is 0.635. The van der Waals surface area contributed by atoms with Gasteiger partial charge >= 0.3 is 0 Å². The van der Waals surface area contributed by atoms with E-state index in [0.29, 0.717) is 0 Å². The maximum Gasteiger partial charge on any atom is 0.158 e. The van der Waals surface area contributed by atoms with E-state index >= 15 is 0 Å². The van der Waals surface area contributed by atoms with Crippen molar-refractivity contribution in [2.24, 2.45) is 4.99 Å². The summed E-state index contributed by atoms with van der Waals surface area (Å²) in [6.45, 7) is 0. The number of hydrogen-bond acceptors (Lipinski definition) is 2. The first-order chi connectivity index (χ1) is 3.72. The van der Waals surface area contributed by atoms with Gasteiger partial charge in [0.2, 0.25) is 0 Å². The fourth-order valence-corrected chi connectivity index (χ4v) is 1.02. The van der Waals surface area contributed by atoms with E-state index in [1.807, 2.05) is 25.3 Å². The van der Waals surface area contributed by atoms with Crippen molar-refractivity contribution >= 4 is 29.3 Å². The van der Waals surface area contributed by atoms with Gasteiger partial charge in [-0.1, -0.05) is 11.8 Å². The average molecular weight is 169 g/mol. The lowest BCUT2D eigenvalue weighted by atomic mass is 10.9. The number of thioether (sulfide) groups is 1. The predicted molar refractivity (Wildman–Crippen MR) is 47.8 cm³/mol. The molecule has 0 radical (unpaired) electrons. The second-order valence-corrected chi connectivity index (χ2v) is 2.38. The second kappa shape index (κ2) is 6.23. The van der Waals surface area contributed by atoms with Crippen LogP contribution in [0.25, 0.3) is 0 Å². The van der Waals surface area contributed by atoms with Crippen molar-refractivity contribution in [3.63, 3.8) is 0 Å². The zero-order chi connectivity index (χ0) is 6.57. The summed E-state index contributed by atoms with van der Waals surface area (Å²) < 4.78 is 0. The van der Waals surface area contributed by atoms with E-state index < -0.39 is 0 Å².